The molecule has 0 aromatic rings. The predicted octanol–water partition coefficient (Wildman–Crippen LogP) is 4.12. The number of Topliss-reactive ketones (excluding diaryl/α,β-unsaturated/α-hetero) is 1. The van der Waals surface area contributed by atoms with Crippen molar-refractivity contribution in [2.45, 2.75) is 80.2 Å². The normalized spacial score (nSPS) is 16.4. The van der Waals surface area contributed by atoms with E-state index in [1.54, 1.807) is 0 Å². The van der Waals surface area contributed by atoms with Gasteiger partial charge < -0.3 is 10.2 Å². The summed E-state index contributed by atoms with van der Waals surface area (Å²) in [5.74, 6) is 0.382. The van der Waals surface area contributed by atoms with E-state index in [0.29, 0.717) is 12.2 Å². The molecule has 20 heavy (non-hydrogen) atoms. The maximum atomic E-state index is 11.4. The minimum absolute atomic E-state index is 0.0987. The summed E-state index contributed by atoms with van der Waals surface area (Å²) in [6, 6.07) is 0.0987. The summed E-state index contributed by atoms with van der Waals surface area (Å²) in [6.45, 7) is 17.1. The molecule has 1 aliphatic heterocycles. The van der Waals surface area contributed by atoms with Gasteiger partial charge in [-0.2, -0.15) is 0 Å². The van der Waals surface area contributed by atoms with Crippen LogP contribution in [-0.2, 0) is 4.79 Å². The lowest BCUT2D eigenvalue weighted by Gasteiger charge is -2.19. The summed E-state index contributed by atoms with van der Waals surface area (Å²) < 4.78 is 0. The minimum atomic E-state index is 0.0987. The minimum Gasteiger partial charge on any atom is -0.306 e. The molecule has 1 fully saturated rings. The molecular formula is C17H40N2O. The number of nitrogens with zero attached hydrogens (tertiary/aromatic N) is 1. The van der Waals surface area contributed by atoms with Gasteiger partial charge in [-0.3, -0.25) is 4.79 Å². The lowest BCUT2D eigenvalue weighted by Crippen LogP contribution is -2.39. The van der Waals surface area contributed by atoms with Crippen molar-refractivity contribution in [2.75, 3.05) is 26.7 Å². The Kier molecular flexibility index (Phi) is 25.7. The molecule has 1 rings (SSSR count). The number of unbranched alkanes of at least 4 members (excludes halogenated alkanes) is 2. The van der Waals surface area contributed by atoms with Crippen LogP contribution >= 0.6 is 0 Å². The zero-order valence-corrected chi connectivity index (χ0v) is 15.4. The molecule has 124 valence electrons. The second kappa shape index (κ2) is 20.9. The molecule has 1 aliphatic rings. The van der Waals surface area contributed by atoms with E-state index < -0.39 is 0 Å². The SMILES string of the molecule is CC.CC.CC.CCCCCN(C)CC1NCCC1=O. The van der Waals surface area contributed by atoms with Crippen LogP contribution in [0.25, 0.3) is 0 Å². The molecule has 0 spiro atoms. The largest absolute Gasteiger partial charge is 0.306 e. The van der Waals surface area contributed by atoms with Gasteiger partial charge in [-0.25, -0.2) is 0 Å². The number of ketones is 1. The number of hydrogen-bond acceptors (Lipinski definition) is 3. The van der Waals surface area contributed by atoms with E-state index in [0.717, 1.165) is 19.6 Å². The Bertz CT molecular complexity index is 184. The first-order chi connectivity index (χ1) is 9.74. The second-order valence-electron chi connectivity index (χ2n) is 4.19. The monoisotopic (exact) mass is 288 g/mol. The molecule has 1 unspecified atom stereocenters. The number of likely N-dealkylation sites (N-methyl/N-ethyl adjacent to an activating group) is 1. The second-order valence-corrected chi connectivity index (χ2v) is 4.19. The summed E-state index contributed by atoms with van der Waals surface area (Å²) in [5.41, 5.74) is 0. The number of hydrogen-bond donors (Lipinski definition) is 1. The molecule has 3 nitrogen and oxygen atoms in total. The Morgan fingerprint density at radius 1 is 1.10 bits per heavy atom. The van der Waals surface area contributed by atoms with Crippen LogP contribution < -0.4 is 5.32 Å². The highest BCUT2D eigenvalue weighted by Crippen LogP contribution is 2.03. The third kappa shape index (κ3) is 14.0. The van der Waals surface area contributed by atoms with Crippen molar-refractivity contribution in [3.05, 3.63) is 0 Å². The third-order valence-corrected chi connectivity index (χ3v) is 2.79. The van der Waals surface area contributed by atoms with Crippen LogP contribution in [0.2, 0.25) is 0 Å². The van der Waals surface area contributed by atoms with Gasteiger partial charge in [0, 0.05) is 19.5 Å². The number of carbonyl (C=O) groups excluding carboxylic acids is 1. The molecular weight excluding hydrogens is 248 g/mol. The van der Waals surface area contributed by atoms with Gasteiger partial charge in [0.25, 0.3) is 0 Å². The smallest absolute Gasteiger partial charge is 0.152 e. The maximum Gasteiger partial charge on any atom is 0.152 e. The fourth-order valence-electron chi connectivity index (χ4n) is 1.86. The molecule has 0 saturated carbocycles. The summed E-state index contributed by atoms with van der Waals surface area (Å²) >= 11 is 0. The van der Waals surface area contributed by atoms with Gasteiger partial charge in [-0.15, -0.1) is 0 Å². The molecule has 1 saturated heterocycles. The first-order valence-corrected chi connectivity index (χ1v) is 8.68. The van der Waals surface area contributed by atoms with Gasteiger partial charge in [-0.1, -0.05) is 61.3 Å². The van der Waals surface area contributed by atoms with Crippen LogP contribution in [-0.4, -0.2) is 43.4 Å². The Morgan fingerprint density at radius 2 is 1.65 bits per heavy atom. The predicted molar refractivity (Wildman–Crippen MR) is 92.5 cm³/mol. The van der Waals surface area contributed by atoms with E-state index in [4.69, 9.17) is 0 Å². The summed E-state index contributed by atoms with van der Waals surface area (Å²) in [5, 5.41) is 3.24. The number of rotatable bonds is 6. The summed E-state index contributed by atoms with van der Waals surface area (Å²) in [6.07, 6.45) is 4.51. The molecule has 0 bridgehead atoms. The van der Waals surface area contributed by atoms with E-state index in [9.17, 15) is 4.79 Å². The van der Waals surface area contributed by atoms with E-state index in [1.807, 2.05) is 41.5 Å². The first-order valence-electron chi connectivity index (χ1n) is 8.68. The standard InChI is InChI=1S/C11H22N2O.3C2H6/c1-3-4-5-8-13(2)9-10-11(14)6-7-12-10;3*1-2/h10,12H,3-9H2,1-2H3;3*1-2H3. The molecule has 0 aromatic heterocycles. The fraction of sp³-hybridized carbons (Fsp3) is 0.941. The van der Waals surface area contributed by atoms with Gasteiger partial charge in [-0.05, 0) is 20.0 Å². The lowest BCUT2D eigenvalue weighted by molar-refractivity contribution is -0.119. The highest BCUT2D eigenvalue weighted by Gasteiger charge is 2.24. The van der Waals surface area contributed by atoms with Crippen molar-refractivity contribution < 1.29 is 4.79 Å². The van der Waals surface area contributed by atoms with Gasteiger partial charge in [0.05, 0.1) is 6.04 Å². The van der Waals surface area contributed by atoms with Crippen LogP contribution in [0.5, 0.6) is 0 Å². The Hall–Kier alpha value is -0.410. The van der Waals surface area contributed by atoms with Crippen LogP contribution in [0, 0.1) is 0 Å². The maximum absolute atomic E-state index is 11.4. The van der Waals surface area contributed by atoms with Crippen LogP contribution in [0.3, 0.4) is 0 Å². The van der Waals surface area contributed by atoms with E-state index in [1.165, 1.54) is 19.3 Å². The summed E-state index contributed by atoms with van der Waals surface area (Å²) in [4.78, 5) is 13.6. The highest BCUT2D eigenvalue weighted by atomic mass is 16.1. The summed E-state index contributed by atoms with van der Waals surface area (Å²) in [7, 11) is 2.10. The third-order valence-electron chi connectivity index (χ3n) is 2.79. The Balaban J connectivity index is -0.000000425. The van der Waals surface area contributed by atoms with E-state index in [2.05, 4.69) is 24.2 Å². The molecule has 0 amide bonds. The first kappa shape index (κ1) is 24.6. The molecule has 0 radical (unpaired) electrons. The van der Waals surface area contributed by atoms with Crippen molar-refractivity contribution >= 4 is 5.78 Å². The van der Waals surface area contributed by atoms with Crippen molar-refractivity contribution in [3.63, 3.8) is 0 Å². The average Bonchev–Trinajstić information content (AvgIpc) is 2.91. The van der Waals surface area contributed by atoms with E-state index in [-0.39, 0.29) is 6.04 Å². The lowest BCUT2D eigenvalue weighted by atomic mass is 10.2. The van der Waals surface area contributed by atoms with Gasteiger partial charge in [0.2, 0.25) is 0 Å². The van der Waals surface area contributed by atoms with E-state index >= 15 is 0 Å². The van der Waals surface area contributed by atoms with Gasteiger partial charge in [0.15, 0.2) is 5.78 Å². The quantitative estimate of drug-likeness (QED) is 0.746. The van der Waals surface area contributed by atoms with Gasteiger partial charge in [0.1, 0.15) is 0 Å². The molecule has 3 heteroatoms. The fourth-order valence-corrected chi connectivity index (χ4v) is 1.86. The van der Waals surface area contributed by atoms with Crippen molar-refractivity contribution in [3.8, 4) is 0 Å². The zero-order valence-electron chi connectivity index (χ0n) is 15.4. The number of carbonyl (C=O) groups is 1. The zero-order chi connectivity index (χ0) is 16.4. The molecule has 0 aromatic carbocycles. The molecule has 1 atom stereocenters. The van der Waals surface area contributed by atoms with Gasteiger partial charge >= 0.3 is 0 Å². The highest BCUT2D eigenvalue weighted by molar-refractivity contribution is 5.86. The topological polar surface area (TPSA) is 32.3 Å². The van der Waals surface area contributed by atoms with Crippen LogP contribution in [0.1, 0.15) is 74.1 Å². The average molecular weight is 289 g/mol. The molecule has 1 heterocycles. The number of nitrogens with one attached hydrogen (secondary N) is 1. The van der Waals surface area contributed by atoms with Crippen LogP contribution in [0.15, 0.2) is 0 Å². The molecule has 1 N–H and O–H groups in total. The Morgan fingerprint density at radius 3 is 2.05 bits per heavy atom. The Labute approximate surface area is 128 Å². The van der Waals surface area contributed by atoms with Crippen LogP contribution in [0.4, 0.5) is 0 Å². The van der Waals surface area contributed by atoms with Crippen molar-refractivity contribution in [1.29, 1.82) is 0 Å². The van der Waals surface area contributed by atoms with Crippen molar-refractivity contribution in [2.24, 2.45) is 0 Å². The molecule has 0 aliphatic carbocycles. The van der Waals surface area contributed by atoms with Crippen molar-refractivity contribution in [1.82, 2.24) is 10.2 Å².